The van der Waals surface area contributed by atoms with E-state index in [1.807, 2.05) is 36.4 Å². The molecule has 90 valence electrons. The first-order valence-electron chi connectivity index (χ1n) is 5.25. The summed E-state index contributed by atoms with van der Waals surface area (Å²) in [5, 5.41) is 1.66. The summed E-state index contributed by atoms with van der Waals surface area (Å²) < 4.78 is 2.04. The number of hydrogen-bond acceptors (Lipinski definition) is 3. The third-order valence-electron chi connectivity index (χ3n) is 2.57. The first-order valence-corrected chi connectivity index (χ1v) is 7.24. The molecule has 5 heteroatoms. The molecule has 2 N–H and O–H groups in total. The molecule has 3 rings (SSSR count). The summed E-state index contributed by atoms with van der Waals surface area (Å²) in [6, 6.07) is 11.4. The molecule has 18 heavy (non-hydrogen) atoms. The van der Waals surface area contributed by atoms with Gasteiger partial charge in [0.15, 0.2) is 0 Å². The molecule has 2 aromatic carbocycles. The predicted molar refractivity (Wildman–Crippen MR) is 82.2 cm³/mol. The fraction of sp³-hybridized carbons (Fsp3) is 0. The van der Waals surface area contributed by atoms with E-state index in [2.05, 4.69) is 20.9 Å². The van der Waals surface area contributed by atoms with Crippen molar-refractivity contribution in [2.24, 2.45) is 0 Å². The number of anilines is 1. The Morgan fingerprint density at radius 3 is 2.78 bits per heavy atom. The third kappa shape index (κ3) is 2.11. The quantitative estimate of drug-likeness (QED) is 0.636. The van der Waals surface area contributed by atoms with E-state index in [0.29, 0.717) is 5.02 Å². The number of nitrogen functional groups attached to an aromatic ring is 1. The van der Waals surface area contributed by atoms with Crippen molar-refractivity contribution in [3.8, 4) is 10.6 Å². The second-order valence-corrected chi connectivity index (χ2v) is 6.19. The van der Waals surface area contributed by atoms with Gasteiger partial charge in [0, 0.05) is 20.7 Å². The van der Waals surface area contributed by atoms with Gasteiger partial charge in [0.1, 0.15) is 5.01 Å². The van der Waals surface area contributed by atoms with Crippen LogP contribution in [0.1, 0.15) is 0 Å². The molecular formula is C13H8BrClN2S. The minimum absolute atomic E-state index is 0.705. The number of hydrogen-bond donors (Lipinski definition) is 1. The van der Waals surface area contributed by atoms with Crippen LogP contribution in [0.5, 0.6) is 0 Å². The summed E-state index contributed by atoms with van der Waals surface area (Å²) in [4.78, 5) is 4.60. The van der Waals surface area contributed by atoms with Gasteiger partial charge in [-0.05, 0) is 36.4 Å². The molecule has 1 aromatic heterocycles. The van der Waals surface area contributed by atoms with Gasteiger partial charge in [-0.1, -0.05) is 27.5 Å². The number of benzene rings is 2. The Morgan fingerprint density at radius 1 is 1.17 bits per heavy atom. The Morgan fingerprint density at radius 2 is 2.00 bits per heavy atom. The second-order valence-electron chi connectivity index (χ2n) is 3.87. The van der Waals surface area contributed by atoms with E-state index >= 15 is 0 Å². The fourth-order valence-corrected chi connectivity index (χ4v) is 3.77. The first-order chi connectivity index (χ1) is 8.63. The lowest BCUT2D eigenvalue weighted by Gasteiger charge is -2.00. The van der Waals surface area contributed by atoms with Crippen molar-refractivity contribution in [2.45, 2.75) is 0 Å². The largest absolute Gasteiger partial charge is 0.399 e. The maximum atomic E-state index is 5.94. The average molecular weight is 340 g/mol. The number of aromatic nitrogens is 1. The molecule has 0 aliphatic carbocycles. The monoisotopic (exact) mass is 338 g/mol. The molecule has 0 aliphatic heterocycles. The molecule has 0 radical (unpaired) electrons. The number of fused-ring (bicyclic) bond motifs is 1. The first kappa shape index (κ1) is 12.0. The smallest absolute Gasteiger partial charge is 0.125 e. The van der Waals surface area contributed by atoms with E-state index in [1.54, 1.807) is 11.3 Å². The molecule has 0 atom stereocenters. The summed E-state index contributed by atoms with van der Waals surface area (Å²) in [7, 11) is 0. The standard InChI is InChI=1S/C13H8BrClN2S/c14-10-5-7(15)1-3-9(10)13-17-11-4-2-8(16)6-12(11)18-13/h1-6H,16H2. The van der Waals surface area contributed by atoms with Crippen LogP contribution in [0.2, 0.25) is 5.02 Å². The van der Waals surface area contributed by atoms with E-state index in [-0.39, 0.29) is 0 Å². The lowest BCUT2D eigenvalue weighted by atomic mass is 10.2. The van der Waals surface area contributed by atoms with Crippen LogP contribution in [0, 0.1) is 0 Å². The highest BCUT2D eigenvalue weighted by Crippen LogP contribution is 2.36. The summed E-state index contributed by atoms with van der Waals surface area (Å²) >= 11 is 11.1. The summed E-state index contributed by atoms with van der Waals surface area (Å²) in [5.41, 5.74) is 8.54. The lowest BCUT2D eigenvalue weighted by molar-refractivity contribution is 1.46. The fourth-order valence-electron chi connectivity index (χ4n) is 1.72. The van der Waals surface area contributed by atoms with Crippen LogP contribution in [-0.4, -0.2) is 4.98 Å². The van der Waals surface area contributed by atoms with Gasteiger partial charge in [-0.15, -0.1) is 11.3 Å². The van der Waals surface area contributed by atoms with E-state index in [1.165, 1.54) is 0 Å². The van der Waals surface area contributed by atoms with Crippen molar-refractivity contribution in [2.75, 3.05) is 5.73 Å². The molecule has 0 saturated heterocycles. The van der Waals surface area contributed by atoms with Gasteiger partial charge in [0.05, 0.1) is 10.2 Å². The molecule has 3 aromatic rings. The Hall–Kier alpha value is -1.10. The minimum Gasteiger partial charge on any atom is -0.399 e. The molecule has 0 saturated carbocycles. The van der Waals surface area contributed by atoms with Gasteiger partial charge in [-0.2, -0.15) is 0 Å². The van der Waals surface area contributed by atoms with E-state index in [9.17, 15) is 0 Å². The van der Waals surface area contributed by atoms with Crippen LogP contribution >= 0.6 is 38.9 Å². The molecule has 1 heterocycles. The predicted octanol–water partition coefficient (Wildman–Crippen LogP) is 4.96. The number of rotatable bonds is 1. The SMILES string of the molecule is Nc1ccc2nc(-c3ccc(Cl)cc3Br)sc2c1. The van der Waals surface area contributed by atoms with Crippen molar-refractivity contribution in [1.29, 1.82) is 0 Å². The molecule has 0 spiro atoms. The molecule has 0 amide bonds. The van der Waals surface area contributed by atoms with Crippen LogP contribution < -0.4 is 5.73 Å². The van der Waals surface area contributed by atoms with E-state index < -0.39 is 0 Å². The zero-order valence-electron chi connectivity index (χ0n) is 9.15. The van der Waals surface area contributed by atoms with Gasteiger partial charge >= 0.3 is 0 Å². The molecule has 0 fully saturated rings. The van der Waals surface area contributed by atoms with Gasteiger partial charge in [0.25, 0.3) is 0 Å². The van der Waals surface area contributed by atoms with Gasteiger partial charge in [-0.3, -0.25) is 0 Å². The van der Waals surface area contributed by atoms with E-state index in [0.717, 1.165) is 30.9 Å². The number of nitrogens with zero attached hydrogens (tertiary/aromatic N) is 1. The number of thiazole rings is 1. The highest BCUT2D eigenvalue weighted by Gasteiger charge is 2.09. The Labute approximate surface area is 122 Å². The molecule has 2 nitrogen and oxygen atoms in total. The van der Waals surface area contributed by atoms with Gasteiger partial charge in [0.2, 0.25) is 0 Å². The zero-order valence-corrected chi connectivity index (χ0v) is 12.3. The topological polar surface area (TPSA) is 38.9 Å². The molecular weight excluding hydrogens is 332 g/mol. The molecule has 0 bridgehead atoms. The molecule has 0 aliphatic rings. The Bertz CT molecular complexity index is 739. The number of halogens is 2. The summed E-state index contributed by atoms with van der Waals surface area (Å²) in [5.74, 6) is 0. The van der Waals surface area contributed by atoms with Crippen LogP contribution in [-0.2, 0) is 0 Å². The highest BCUT2D eigenvalue weighted by atomic mass is 79.9. The highest BCUT2D eigenvalue weighted by molar-refractivity contribution is 9.10. The van der Waals surface area contributed by atoms with Gasteiger partial charge < -0.3 is 5.73 Å². The summed E-state index contributed by atoms with van der Waals surface area (Å²) in [6.07, 6.45) is 0. The van der Waals surface area contributed by atoms with Crippen molar-refractivity contribution in [1.82, 2.24) is 4.98 Å². The maximum Gasteiger partial charge on any atom is 0.125 e. The second kappa shape index (κ2) is 4.53. The number of nitrogens with two attached hydrogens (primary N) is 1. The third-order valence-corrected chi connectivity index (χ3v) is 4.52. The van der Waals surface area contributed by atoms with E-state index in [4.69, 9.17) is 17.3 Å². The normalized spacial score (nSPS) is 11.0. The van der Waals surface area contributed by atoms with Crippen molar-refractivity contribution >= 4 is 54.8 Å². The van der Waals surface area contributed by atoms with Crippen molar-refractivity contribution in [3.05, 3.63) is 45.9 Å². The van der Waals surface area contributed by atoms with Gasteiger partial charge in [-0.25, -0.2) is 4.98 Å². The summed E-state index contributed by atoms with van der Waals surface area (Å²) in [6.45, 7) is 0. The minimum atomic E-state index is 0.705. The van der Waals surface area contributed by atoms with Crippen LogP contribution in [0.3, 0.4) is 0 Å². The van der Waals surface area contributed by atoms with Crippen molar-refractivity contribution < 1.29 is 0 Å². The van der Waals surface area contributed by atoms with Crippen LogP contribution in [0.15, 0.2) is 40.9 Å². The van der Waals surface area contributed by atoms with Crippen LogP contribution in [0.25, 0.3) is 20.8 Å². The maximum absolute atomic E-state index is 5.94. The zero-order chi connectivity index (χ0) is 12.7. The Balaban J connectivity index is 2.19. The Kier molecular flexibility index (Phi) is 3.01. The van der Waals surface area contributed by atoms with Crippen LogP contribution in [0.4, 0.5) is 5.69 Å². The molecule has 0 unspecified atom stereocenters. The van der Waals surface area contributed by atoms with Crippen molar-refractivity contribution in [3.63, 3.8) is 0 Å². The lowest BCUT2D eigenvalue weighted by Crippen LogP contribution is -1.81. The average Bonchev–Trinajstić information content (AvgIpc) is 2.71.